The summed E-state index contributed by atoms with van der Waals surface area (Å²) in [5, 5.41) is 8.44. The summed E-state index contributed by atoms with van der Waals surface area (Å²) in [5.41, 5.74) is 0. The molecule has 0 aromatic carbocycles. The van der Waals surface area contributed by atoms with E-state index in [1.807, 2.05) is 0 Å². The van der Waals surface area contributed by atoms with Crippen molar-refractivity contribution in [3.63, 3.8) is 0 Å². The van der Waals surface area contributed by atoms with Crippen LogP contribution in [0.1, 0.15) is 39.5 Å². The van der Waals surface area contributed by atoms with Crippen LogP contribution in [0.2, 0.25) is 0 Å². The van der Waals surface area contributed by atoms with E-state index in [2.05, 4.69) is 18.6 Å². The largest absolute Gasteiger partial charge is 0.225 e. The summed E-state index contributed by atoms with van der Waals surface area (Å²) in [7, 11) is -3.41. The monoisotopic (exact) mass is 244 g/mol. The van der Waals surface area contributed by atoms with Gasteiger partial charge in [-0.1, -0.05) is 26.7 Å². The Morgan fingerprint density at radius 3 is 2.56 bits per heavy atom. The van der Waals surface area contributed by atoms with Crippen LogP contribution >= 0.6 is 0 Å². The molecular formula is C11H20N2O2S. The quantitative estimate of drug-likeness (QED) is 0.817. The number of nitrogens with zero attached hydrogens (tertiary/aromatic N) is 1. The molecule has 0 spiro atoms. The third kappa shape index (κ3) is 3.76. The maximum atomic E-state index is 11.5. The molecule has 0 amide bonds. The first kappa shape index (κ1) is 13.5. The van der Waals surface area contributed by atoms with Crippen LogP contribution in [0.15, 0.2) is 0 Å². The Kier molecular flexibility index (Phi) is 4.75. The summed E-state index contributed by atoms with van der Waals surface area (Å²) in [6, 6.07) is 1.71. The Morgan fingerprint density at radius 2 is 2.00 bits per heavy atom. The highest BCUT2D eigenvalue weighted by atomic mass is 32.2. The Morgan fingerprint density at radius 1 is 1.38 bits per heavy atom. The molecular weight excluding hydrogens is 224 g/mol. The lowest BCUT2D eigenvalue weighted by Crippen LogP contribution is -2.44. The van der Waals surface area contributed by atoms with Gasteiger partial charge in [0.25, 0.3) is 0 Å². The zero-order chi connectivity index (χ0) is 12.2. The lowest BCUT2D eigenvalue weighted by Gasteiger charge is -2.34. The number of hydrogen-bond donors (Lipinski definition) is 1. The number of hydrogen-bond acceptors (Lipinski definition) is 3. The molecule has 0 radical (unpaired) electrons. The molecule has 0 aromatic heterocycles. The van der Waals surface area contributed by atoms with Crippen molar-refractivity contribution in [3.8, 4) is 6.07 Å². The maximum absolute atomic E-state index is 11.5. The van der Waals surface area contributed by atoms with Crippen molar-refractivity contribution in [3.05, 3.63) is 0 Å². The Hall–Kier alpha value is -0.600. The average Bonchev–Trinajstić information content (AvgIpc) is 2.17. The van der Waals surface area contributed by atoms with Gasteiger partial charge in [0.15, 0.2) is 5.75 Å². The minimum atomic E-state index is -3.41. The fourth-order valence-corrected chi connectivity index (χ4v) is 3.47. The van der Waals surface area contributed by atoms with Gasteiger partial charge in [0.1, 0.15) is 0 Å². The predicted molar refractivity (Wildman–Crippen MR) is 63.1 cm³/mol. The number of rotatable bonds is 4. The third-order valence-electron chi connectivity index (χ3n) is 3.26. The summed E-state index contributed by atoms with van der Waals surface area (Å²) < 4.78 is 25.7. The maximum Gasteiger partial charge on any atom is 0.225 e. The molecule has 0 aromatic rings. The molecule has 92 valence electrons. The van der Waals surface area contributed by atoms with Gasteiger partial charge in [-0.15, -0.1) is 0 Å². The molecule has 1 aliphatic carbocycles. The summed E-state index contributed by atoms with van der Waals surface area (Å²) in [6.45, 7) is 4.25. The second kappa shape index (κ2) is 5.65. The Labute approximate surface area is 98.1 Å². The molecule has 2 unspecified atom stereocenters. The molecule has 1 aliphatic rings. The standard InChI is InChI=1S/C11H20N2O2S/c1-9(2)10-5-3-4-6-11(10)13-16(14,15)8-7-12/h9-11,13H,3-6,8H2,1-2H3. The summed E-state index contributed by atoms with van der Waals surface area (Å²) >= 11 is 0. The summed E-state index contributed by atoms with van der Waals surface area (Å²) in [6.07, 6.45) is 4.23. The minimum Gasteiger partial charge on any atom is -0.211 e. The SMILES string of the molecule is CC(C)C1CCCCC1NS(=O)(=O)CC#N. The molecule has 1 fully saturated rings. The highest BCUT2D eigenvalue weighted by Crippen LogP contribution is 2.30. The fourth-order valence-electron chi connectivity index (χ4n) is 2.46. The van der Waals surface area contributed by atoms with E-state index in [0.717, 1.165) is 19.3 Å². The van der Waals surface area contributed by atoms with Gasteiger partial charge in [-0.2, -0.15) is 5.26 Å². The zero-order valence-electron chi connectivity index (χ0n) is 9.94. The van der Waals surface area contributed by atoms with Gasteiger partial charge >= 0.3 is 0 Å². The molecule has 16 heavy (non-hydrogen) atoms. The molecule has 4 nitrogen and oxygen atoms in total. The number of nitriles is 1. The summed E-state index contributed by atoms with van der Waals surface area (Å²) in [5.74, 6) is 0.450. The predicted octanol–water partition coefficient (Wildman–Crippen LogP) is 1.64. The normalized spacial score (nSPS) is 26.6. The first-order valence-corrected chi connectivity index (χ1v) is 7.48. The van der Waals surface area contributed by atoms with Crippen molar-refractivity contribution >= 4 is 10.0 Å². The van der Waals surface area contributed by atoms with Crippen molar-refractivity contribution in [1.29, 1.82) is 5.26 Å². The Bertz CT molecular complexity index is 357. The first-order valence-electron chi connectivity index (χ1n) is 5.83. The van der Waals surface area contributed by atoms with E-state index in [-0.39, 0.29) is 6.04 Å². The number of nitrogens with one attached hydrogen (secondary N) is 1. The van der Waals surface area contributed by atoms with Gasteiger partial charge in [-0.25, -0.2) is 13.1 Å². The smallest absolute Gasteiger partial charge is 0.211 e. The highest BCUT2D eigenvalue weighted by molar-refractivity contribution is 7.89. The van der Waals surface area contributed by atoms with Crippen LogP contribution in [0.25, 0.3) is 0 Å². The van der Waals surface area contributed by atoms with Gasteiger partial charge < -0.3 is 0 Å². The second-order valence-electron chi connectivity index (χ2n) is 4.83. The molecule has 1 N–H and O–H groups in total. The van der Waals surface area contributed by atoms with Crippen LogP contribution in [0.4, 0.5) is 0 Å². The van der Waals surface area contributed by atoms with Crippen molar-refractivity contribution < 1.29 is 8.42 Å². The van der Waals surface area contributed by atoms with E-state index in [1.165, 1.54) is 6.42 Å². The average molecular weight is 244 g/mol. The van der Waals surface area contributed by atoms with Crippen LogP contribution in [-0.2, 0) is 10.0 Å². The minimum absolute atomic E-state index is 0.0205. The lowest BCUT2D eigenvalue weighted by atomic mass is 9.78. The van der Waals surface area contributed by atoms with E-state index in [0.29, 0.717) is 11.8 Å². The molecule has 0 aliphatic heterocycles. The molecule has 5 heteroatoms. The van der Waals surface area contributed by atoms with Gasteiger partial charge in [0, 0.05) is 6.04 Å². The fraction of sp³-hybridized carbons (Fsp3) is 0.909. The molecule has 0 heterocycles. The zero-order valence-corrected chi connectivity index (χ0v) is 10.8. The lowest BCUT2D eigenvalue weighted by molar-refractivity contribution is 0.226. The molecule has 0 saturated heterocycles. The van der Waals surface area contributed by atoms with Crippen molar-refractivity contribution in [2.24, 2.45) is 11.8 Å². The van der Waals surface area contributed by atoms with Gasteiger partial charge in [0.05, 0.1) is 6.07 Å². The van der Waals surface area contributed by atoms with E-state index in [4.69, 9.17) is 5.26 Å². The molecule has 1 saturated carbocycles. The van der Waals surface area contributed by atoms with E-state index in [1.54, 1.807) is 6.07 Å². The van der Waals surface area contributed by atoms with Crippen LogP contribution in [0.5, 0.6) is 0 Å². The van der Waals surface area contributed by atoms with E-state index < -0.39 is 15.8 Å². The van der Waals surface area contributed by atoms with Crippen LogP contribution in [0.3, 0.4) is 0 Å². The van der Waals surface area contributed by atoms with E-state index in [9.17, 15) is 8.42 Å². The van der Waals surface area contributed by atoms with Crippen molar-refractivity contribution in [1.82, 2.24) is 4.72 Å². The van der Waals surface area contributed by atoms with Crippen LogP contribution in [0, 0.1) is 23.2 Å². The number of sulfonamides is 1. The van der Waals surface area contributed by atoms with Gasteiger partial charge in [-0.05, 0) is 24.7 Å². The summed E-state index contributed by atoms with van der Waals surface area (Å²) in [4.78, 5) is 0. The molecule has 1 rings (SSSR count). The van der Waals surface area contributed by atoms with Crippen LogP contribution in [-0.4, -0.2) is 20.2 Å². The third-order valence-corrected chi connectivity index (χ3v) is 4.43. The van der Waals surface area contributed by atoms with Crippen LogP contribution < -0.4 is 4.72 Å². The van der Waals surface area contributed by atoms with Gasteiger partial charge in [-0.3, -0.25) is 0 Å². The molecule has 2 atom stereocenters. The molecule has 0 bridgehead atoms. The topological polar surface area (TPSA) is 70.0 Å². The first-order chi connectivity index (χ1) is 7.46. The second-order valence-corrected chi connectivity index (χ2v) is 6.59. The Balaban J connectivity index is 2.67. The van der Waals surface area contributed by atoms with Gasteiger partial charge in [0.2, 0.25) is 10.0 Å². The van der Waals surface area contributed by atoms with E-state index >= 15 is 0 Å². The van der Waals surface area contributed by atoms with Crippen molar-refractivity contribution in [2.75, 3.05) is 5.75 Å². The van der Waals surface area contributed by atoms with Crippen molar-refractivity contribution in [2.45, 2.75) is 45.6 Å². The highest BCUT2D eigenvalue weighted by Gasteiger charge is 2.30.